The van der Waals surface area contributed by atoms with Gasteiger partial charge in [0, 0.05) is 49.8 Å². The lowest BCUT2D eigenvalue weighted by atomic mass is 9.94. The van der Waals surface area contributed by atoms with Crippen molar-refractivity contribution >= 4 is 5.91 Å². The third-order valence-corrected chi connectivity index (χ3v) is 4.38. The van der Waals surface area contributed by atoms with Crippen LogP contribution in [0.3, 0.4) is 0 Å². The Labute approximate surface area is 142 Å². The lowest BCUT2D eigenvalue weighted by molar-refractivity contribution is -0.133. The van der Waals surface area contributed by atoms with Crippen molar-refractivity contribution in [3.05, 3.63) is 54.4 Å². The first kappa shape index (κ1) is 16.5. The molecule has 0 aromatic carbocycles. The molecule has 1 aliphatic rings. The molecule has 1 aliphatic heterocycles. The van der Waals surface area contributed by atoms with Gasteiger partial charge in [-0.2, -0.15) is 0 Å². The smallest absolute Gasteiger partial charge is 0.236 e. The van der Waals surface area contributed by atoms with Crippen molar-refractivity contribution in [3.8, 4) is 0 Å². The fourth-order valence-electron chi connectivity index (χ4n) is 3.18. The predicted molar refractivity (Wildman–Crippen MR) is 91.2 cm³/mol. The van der Waals surface area contributed by atoms with Gasteiger partial charge in [0.25, 0.3) is 0 Å². The predicted octanol–water partition coefficient (Wildman–Crippen LogP) is 1.71. The normalized spacial score (nSPS) is 17.9. The van der Waals surface area contributed by atoms with Gasteiger partial charge < -0.3 is 4.90 Å². The summed E-state index contributed by atoms with van der Waals surface area (Å²) in [4.78, 5) is 29.0. The van der Waals surface area contributed by atoms with Gasteiger partial charge in [0.2, 0.25) is 5.91 Å². The van der Waals surface area contributed by atoms with Gasteiger partial charge in [0.05, 0.1) is 6.54 Å². The molecule has 1 fully saturated rings. The van der Waals surface area contributed by atoms with E-state index in [1.165, 1.54) is 0 Å². The van der Waals surface area contributed by atoms with Crippen molar-refractivity contribution in [2.24, 2.45) is 0 Å². The largest absolute Gasteiger partial charge is 0.341 e. The van der Waals surface area contributed by atoms with E-state index in [2.05, 4.69) is 15.0 Å². The molecule has 3 rings (SSSR count). The van der Waals surface area contributed by atoms with Gasteiger partial charge in [-0.05, 0) is 37.6 Å². The Morgan fingerprint density at radius 1 is 1.33 bits per heavy atom. The van der Waals surface area contributed by atoms with E-state index in [4.69, 9.17) is 0 Å². The molecule has 0 aliphatic carbocycles. The molecule has 0 saturated carbocycles. The average molecular weight is 325 g/mol. The number of hydrogen-bond donors (Lipinski definition) is 0. The number of likely N-dealkylation sites (N-methyl/N-ethyl adjacent to an activating group) is 1. The molecule has 2 aromatic rings. The summed E-state index contributed by atoms with van der Waals surface area (Å²) in [5.74, 6) is 0.495. The zero-order valence-corrected chi connectivity index (χ0v) is 14.0. The maximum absolute atomic E-state index is 12.6. The zero-order chi connectivity index (χ0) is 16.8. The number of likely N-dealkylation sites (tertiary alicyclic amines) is 1. The lowest BCUT2D eigenvalue weighted by Gasteiger charge is -2.33. The van der Waals surface area contributed by atoms with Gasteiger partial charge in [-0.25, -0.2) is 9.97 Å². The van der Waals surface area contributed by atoms with Gasteiger partial charge in [-0.1, -0.05) is 6.07 Å². The van der Waals surface area contributed by atoms with E-state index < -0.39 is 0 Å². The molecule has 1 unspecified atom stereocenters. The van der Waals surface area contributed by atoms with E-state index in [9.17, 15) is 4.79 Å². The fourth-order valence-corrected chi connectivity index (χ4v) is 3.18. The van der Waals surface area contributed by atoms with Crippen LogP contribution in [0.2, 0.25) is 0 Å². The number of carbonyl (C=O) groups excluding carboxylic acids is 1. The number of amides is 1. The highest BCUT2D eigenvalue weighted by molar-refractivity contribution is 5.78. The van der Waals surface area contributed by atoms with Gasteiger partial charge in [0.1, 0.15) is 6.33 Å². The van der Waals surface area contributed by atoms with Crippen molar-refractivity contribution < 1.29 is 4.79 Å². The number of piperidine rings is 1. The molecule has 0 radical (unpaired) electrons. The highest BCUT2D eigenvalue weighted by Gasteiger charge is 2.25. The van der Waals surface area contributed by atoms with Crippen molar-refractivity contribution in [2.45, 2.75) is 25.3 Å². The first-order valence-electron chi connectivity index (χ1n) is 8.33. The summed E-state index contributed by atoms with van der Waals surface area (Å²) in [7, 11) is 1.97. The highest BCUT2D eigenvalue weighted by Crippen LogP contribution is 2.25. The van der Waals surface area contributed by atoms with Crippen LogP contribution in [0.25, 0.3) is 0 Å². The summed E-state index contributed by atoms with van der Waals surface area (Å²) < 4.78 is 0. The molecule has 2 aromatic heterocycles. The summed E-state index contributed by atoms with van der Waals surface area (Å²) in [6, 6.07) is 5.90. The monoisotopic (exact) mass is 325 g/mol. The van der Waals surface area contributed by atoms with E-state index >= 15 is 0 Å². The maximum Gasteiger partial charge on any atom is 0.236 e. The first-order valence-corrected chi connectivity index (χ1v) is 8.33. The van der Waals surface area contributed by atoms with Crippen molar-refractivity contribution in [1.29, 1.82) is 0 Å². The molecule has 0 N–H and O–H groups in total. The van der Waals surface area contributed by atoms with Crippen molar-refractivity contribution in [3.63, 3.8) is 0 Å². The van der Waals surface area contributed by atoms with Crippen LogP contribution in [-0.2, 0) is 11.3 Å². The van der Waals surface area contributed by atoms with Crippen LogP contribution < -0.4 is 0 Å². The minimum atomic E-state index is 0.181. The first-order chi connectivity index (χ1) is 11.7. The van der Waals surface area contributed by atoms with Gasteiger partial charge in [-0.15, -0.1) is 0 Å². The fraction of sp³-hybridized carbons (Fsp3) is 0.444. The van der Waals surface area contributed by atoms with Gasteiger partial charge in [-0.3, -0.25) is 14.7 Å². The SMILES string of the molecule is CN(CC(=O)N1CCCC(c2ccncn2)C1)Cc1cccnc1. The summed E-state index contributed by atoms with van der Waals surface area (Å²) in [5, 5.41) is 0. The Morgan fingerprint density at radius 2 is 2.25 bits per heavy atom. The van der Waals surface area contributed by atoms with E-state index in [1.54, 1.807) is 18.7 Å². The Hall–Kier alpha value is -2.34. The Bertz CT molecular complexity index is 649. The Morgan fingerprint density at radius 3 is 3.00 bits per heavy atom. The maximum atomic E-state index is 12.6. The summed E-state index contributed by atoms with van der Waals surface area (Å²) in [6.45, 7) is 2.73. The molecule has 1 atom stereocenters. The second kappa shape index (κ2) is 7.97. The quantitative estimate of drug-likeness (QED) is 0.837. The van der Waals surface area contributed by atoms with Gasteiger partial charge >= 0.3 is 0 Å². The van der Waals surface area contributed by atoms with Crippen molar-refractivity contribution in [1.82, 2.24) is 24.8 Å². The average Bonchev–Trinajstić information content (AvgIpc) is 2.63. The van der Waals surface area contributed by atoms with Crippen LogP contribution >= 0.6 is 0 Å². The topological polar surface area (TPSA) is 62.2 Å². The second-order valence-corrected chi connectivity index (χ2v) is 6.35. The Kier molecular flexibility index (Phi) is 5.48. The minimum Gasteiger partial charge on any atom is -0.341 e. The third kappa shape index (κ3) is 4.35. The number of carbonyl (C=O) groups is 1. The van der Waals surface area contributed by atoms with Crippen LogP contribution in [0.15, 0.2) is 43.1 Å². The van der Waals surface area contributed by atoms with E-state index in [-0.39, 0.29) is 5.91 Å². The molecule has 126 valence electrons. The zero-order valence-electron chi connectivity index (χ0n) is 14.0. The van der Waals surface area contributed by atoms with Crippen LogP contribution in [0, 0.1) is 0 Å². The molecule has 3 heterocycles. The standard InChI is InChI=1S/C18H23N5O/c1-22(11-15-4-2-7-19-10-15)13-18(24)23-9-3-5-16(12-23)17-6-8-20-14-21-17/h2,4,6-8,10,14,16H,3,5,9,11-13H2,1H3. The van der Waals surface area contributed by atoms with E-state index in [1.807, 2.05) is 41.2 Å². The molecule has 1 amide bonds. The number of hydrogen-bond acceptors (Lipinski definition) is 5. The van der Waals surface area contributed by atoms with Crippen LogP contribution in [-0.4, -0.2) is 57.3 Å². The van der Waals surface area contributed by atoms with Crippen LogP contribution in [0.4, 0.5) is 0 Å². The molecule has 0 bridgehead atoms. The molecule has 6 heteroatoms. The minimum absolute atomic E-state index is 0.181. The van der Waals surface area contributed by atoms with E-state index in [0.29, 0.717) is 12.5 Å². The van der Waals surface area contributed by atoms with Crippen LogP contribution in [0.1, 0.15) is 30.0 Å². The van der Waals surface area contributed by atoms with Crippen molar-refractivity contribution in [2.75, 3.05) is 26.7 Å². The number of nitrogens with zero attached hydrogens (tertiary/aromatic N) is 5. The summed E-state index contributed by atoms with van der Waals surface area (Å²) in [6.07, 6.45) is 9.05. The third-order valence-electron chi connectivity index (χ3n) is 4.38. The molecular weight excluding hydrogens is 302 g/mol. The Balaban J connectivity index is 1.54. The van der Waals surface area contributed by atoms with Gasteiger partial charge in [0.15, 0.2) is 0 Å². The molecule has 24 heavy (non-hydrogen) atoms. The number of pyridine rings is 1. The molecular formula is C18H23N5O. The second-order valence-electron chi connectivity index (χ2n) is 6.35. The summed E-state index contributed by atoms with van der Waals surface area (Å²) in [5.41, 5.74) is 2.15. The van der Waals surface area contributed by atoms with E-state index in [0.717, 1.165) is 43.7 Å². The molecule has 6 nitrogen and oxygen atoms in total. The number of aromatic nitrogens is 3. The lowest BCUT2D eigenvalue weighted by Crippen LogP contribution is -2.43. The number of rotatable bonds is 5. The summed E-state index contributed by atoms with van der Waals surface area (Å²) >= 11 is 0. The van der Waals surface area contributed by atoms with Crippen LogP contribution in [0.5, 0.6) is 0 Å². The molecule has 0 spiro atoms. The molecule has 1 saturated heterocycles. The highest BCUT2D eigenvalue weighted by atomic mass is 16.2.